The van der Waals surface area contributed by atoms with E-state index in [9.17, 15) is 0 Å². The van der Waals surface area contributed by atoms with Gasteiger partial charge in [0.05, 0.1) is 5.52 Å². The van der Waals surface area contributed by atoms with Crippen molar-refractivity contribution in [2.24, 2.45) is 0 Å². The number of pyridine rings is 1. The molecule has 1 aromatic heterocycles. The quantitative estimate of drug-likeness (QED) is 0.611. The van der Waals surface area contributed by atoms with E-state index in [1.807, 2.05) is 0 Å². The second kappa shape index (κ2) is 2.81. The van der Waals surface area contributed by atoms with Gasteiger partial charge in [0.25, 0.3) is 0 Å². The lowest BCUT2D eigenvalue weighted by molar-refractivity contribution is 0.908. The Morgan fingerprint density at radius 3 is 2.79 bits per heavy atom. The van der Waals surface area contributed by atoms with E-state index in [2.05, 4.69) is 36.2 Å². The van der Waals surface area contributed by atoms with Crippen LogP contribution in [-0.2, 0) is 12.8 Å². The van der Waals surface area contributed by atoms with Gasteiger partial charge in [-0.1, -0.05) is 18.2 Å². The van der Waals surface area contributed by atoms with Crippen LogP contribution in [-0.4, -0.2) is 4.98 Å². The third kappa shape index (κ3) is 0.985. The van der Waals surface area contributed by atoms with Gasteiger partial charge in [0.2, 0.25) is 0 Å². The largest absolute Gasteiger partial charge is 0.253 e. The van der Waals surface area contributed by atoms with Gasteiger partial charge in [-0.05, 0) is 43.4 Å². The zero-order valence-corrected chi connectivity index (χ0v) is 8.38. The van der Waals surface area contributed by atoms with Crippen LogP contribution in [0.4, 0.5) is 0 Å². The minimum atomic E-state index is 1.16. The van der Waals surface area contributed by atoms with E-state index in [0.717, 1.165) is 5.52 Å². The van der Waals surface area contributed by atoms with Crippen LogP contribution in [0.5, 0.6) is 0 Å². The lowest BCUT2D eigenvalue weighted by Gasteiger charge is -2.07. The first-order valence-electron chi connectivity index (χ1n) is 5.23. The maximum absolute atomic E-state index is 4.65. The molecule has 14 heavy (non-hydrogen) atoms. The Kier molecular flexibility index (Phi) is 1.60. The van der Waals surface area contributed by atoms with Crippen molar-refractivity contribution in [2.75, 3.05) is 0 Å². The van der Waals surface area contributed by atoms with E-state index in [-0.39, 0.29) is 0 Å². The molecule has 0 aliphatic heterocycles. The second-order valence-corrected chi connectivity index (χ2v) is 4.03. The van der Waals surface area contributed by atoms with Gasteiger partial charge in [0.15, 0.2) is 0 Å². The minimum Gasteiger partial charge on any atom is -0.253 e. The van der Waals surface area contributed by atoms with Crippen molar-refractivity contribution in [3.63, 3.8) is 0 Å². The molecule has 1 aliphatic rings. The van der Waals surface area contributed by atoms with E-state index in [1.54, 1.807) is 5.56 Å². The van der Waals surface area contributed by atoms with E-state index in [1.165, 1.54) is 35.9 Å². The Bertz CT molecular complexity index is 500. The molecule has 1 heterocycles. The highest BCUT2D eigenvalue weighted by Gasteiger charge is 2.16. The number of aromatic nitrogens is 1. The normalized spacial score (nSPS) is 14.6. The molecule has 1 aromatic carbocycles. The minimum absolute atomic E-state index is 1.16. The third-order valence-corrected chi connectivity index (χ3v) is 3.17. The Hall–Kier alpha value is -1.37. The molecule has 0 N–H and O–H groups in total. The summed E-state index contributed by atoms with van der Waals surface area (Å²) in [7, 11) is 0. The smallest absolute Gasteiger partial charge is 0.0708 e. The summed E-state index contributed by atoms with van der Waals surface area (Å²) in [6.07, 6.45) is 3.75. The fourth-order valence-corrected chi connectivity index (χ4v) is 2.51. The molecule has 0 saturated carbocycles. The fourth-order valence-electron chi connectivity index (χ4n) is 2.51. The molecule has 1 aliphatic carbocycles. The summed E-state index contributed by atoms with van der Waals surface area (Å²) >= 11 is 0. The van der Waals surface area contributed by atoms with Crippen LogP contribution in [0.2, 0.25) is 0 Å². The predicted octanol–water partition coefficient (Wildman–Crippen LogP) is 3.03. The standard InChI is InChI=1S/C13H13N/c1-9-10-6-4-7-11(10)12-5-2-3-8-13(12)14-9/h2-3,5,8H,4,6-7H2,1H3. The van der Waals surface area contributed by atoms with Crippen LogP contribution in [0.25, 0.3) is 10.9 Å². The molecule has 0 radical (unpaired) electrons. The van der Waals surface area contributed by atoms with Crippen molar-refractivity contribution < 1.29 is 0 Å². The molecular formula is C13H13N. The molecule has 0 unspecified atom stereocenters. The van der Waals surface area contributed by atoms with Gasteiger partial charge in [-0.2, -0.15) is 0 Å². The summed E-state index contributed by atoms with van der Waals surface area (Å²) in [6, 6.07) is 8.49. The molecule has 0 spiro atoms. The van der Waals surface area contributed by atoms with Gasteiger partial charge < -0.3 is 0 Å². The van der Waals surface area contributed by atoms with Gasteiger partial charge in [-0.25, -0.2) is 0 Å². The number of fused-ring (bicyclic) bond motifs is 3. The Morgan fingerprint density at radius 2 is 1.86 bits per heavy atom. The molecule has 0 atom stereocenters. The van der Waals surface area contributed by atoms with Crippen LogP contribution >= 0.6 is 0 Å². The maximum Gasteiger partial charge on any atom is 0.0708 e. The maximum atomic E-state index is 4.65. The molecule has 3 rings (SSSR count). The highest BCUT2D eigenvalue weighted by atomic mass is 14.7. The monoisotopic (exact) mass is 183 g/mol. The zero-order valence-electron chi connectivity index (χ0n) is 8.38. The first kappa shape index (κ1) is 7.98. The summed E-state index contributed by atoms with van der Waals surface area (Å²) < 4.78 is 0. The molecule has 0 fully saturated rings. The molecule has 1 nitrogen and oxygen atoms in total. The summed E-state index contributed by atoms with van der Waals surface area (Å²) in [5, 5.41) is 1.37. The average molecular weight is 183 g/mol. The molecule has 0 bridgehead atoms. The van der Waals surface area contributed by atoms with Crippen LogP contribution in [0.3, 0.4) is 0 Å². The number of rotatable bonds is 0. The van der Waals surface area contributed by atoms with Crippen LogP contribution in [0.15, 0.2) is 24.3 Å². The van der Waals surface area contributed by atoms with E-state index < -0.39 is 0 Å². The molecular weight excluding hydrogens is 170 g/mol. The van der Waals surface area contributed by atoms with E-state index in [4.69, 9.17) is 0 Å². The SMILES string of the molecule is Cc1nc2ccccc2c2c1CCC2. The average Bonchev–Trinajstić information content (AvgIpc) is 2.67. The number of benzene rings is 1. The summed E-state index contributed by atoms with van der Waals surface area (Å²) in [6.45, 7) is 2.14. The van der Waals surface area contributed by atoms with Crippen molar-refractivity contribution in [3.05, 3.63) is 41.1 Å². The summed E-state index contributed by atoms with van der Waals surface area (Å²) in [5.41, 5.74) is 5.44. The number of aryl methyl sites for hydroxylation is 2. The topological polar surface area (TPSA) is 12.9 Å². The number of hydrogen-bond donors (Lipinski definition) is 0. The molecule has 2 aromatic rings. The number of nitrogens with zero attached hydrogens (tertiary/aromatic N) is 1. The van der Waals surface area contributed by atoms with Crippen LogP contribution in [0, 0.1) is 6.92 Å². The van der Waals surface area contributed by atoms with Crippen molar-refractivity contribution >= 4 is 10.9 Å². The first-order valence-corrected chi connectivity index (χ1v) is 5.23. The summed E-state index contributed by atoms with van der Waals surface area (Å²) in [4.78, 5) is 4.65. The van der Waals surface area contributed by atoms with E-state index >= 15 is 0 Å². The molecule has 1 heteroatoms. The van der Waals surface area contributed by atoms with Crippen molar-refractivity contribution in [1.82, 2.24) is 4.98 Å². The lowest BCUT2D eigenvalue weighted by atomic mass is 10.0. The van der Waals surface area contributed by atoms with Gasteiger partial charge in [-0.15, -0.1) is 0 Å². The predicted molar refractivity (Wildman–Crippen MR) is 58.5 cm³/mol. The third-order valence-electron chi connectivity index (χ3n) is 3.17. The highest BCUT2D eigenvalue weighted by molar-refractivity contribution is 5.84. The Labute approximate surface area is 83.8 Å². The summed E-state index contributed by atoms with van der Waals surface area (Å²) in [5.74, 6) is 0. The zero-order chi connectivity index (χ0) is 9.54. The first-order chi connectivity index (χ1) is 6.86. The molecule has 0 saturated heterocycles. The second-order valence-electron chi connectivity index (χ2n) is 4.03. The number of para-hydroxylation sites is 1. The van der Waals surface area contributed by atoms with E-state index in [0.29, 0.717) is 0 Å². The Morgan fingerprint density at radius 1 is 1.07 bits per heavy atom. The molecule has 0 amide bonds. The van der Waals surface area contributed by atoms with Crippen LogP contribution < -0.4 is 0 Å². The van der Waals surface area contributed by atoms with Crippen molar-refractivity contribution in [1.29, 1.82) is 0 Å². The van der Waals surface area contributed by atoms with Gasteiger partial charge in [0, 0.05) is 11.1 Å². The van der Waals surface area contributed by atoms with Crippen LogP contribution in [0.1, 0.15) is 23.2 Å². The van der Waals surface area contributed by atoms with Gasteiger partial charge in [-0.3, -0.25) is 4.98 Å². The van der Waals surface area contributed by atoms with Gasteiger partial charge in [0.1, 0.15) is 0 Å². The Balaban J connectivity index is 2.46. The fraction of sp³-hybridized carbons (Fsp3) is 0.308. The number of hydrogen-bond acceptors (Lipinski definition) is 1. The molecule has 70 valence electrons. The van der Waals surface area contributed by atoms with Crippen molar-refractivity contribution in [3.8, 4) is 0 Å². The lowest BCUT2D eigenvalue weighted by Crippen LogP contribution is -1.93. The highest BCUT2D eigenvalue weighted by Crippen LogP contribution is 2.30. The van der Waals surface area contributed by atoms with Gasteiger partial charge >= 0.3 is 0 Å². The van der Waals surface area contributed by atoms with Crippen molar-refractivity contribution in [2.45, 2.75) is 26.2 Å².